The van der Waals surface area contributed by atoms with Gasteiger partial charge in [0, 0.05) is 18.6 Å². The molecule has 0 fully saturated rings. The molecule has 0 saturated heterocycles. The van der Waals surface area contributed by atoms with Crippen molar-refractivity contribution in [2.45, 2.75) is 12.8 Å². The monoisotopic (exact) mass is 198 g/mol. The fraction of sp³-hybridized carbons (Fsp3) is 0.333. The molecule has 0 bridgehead atoms. The number of carbonyl (C=O) groups excluding carboxylic acids is 1. The highest BCUT2D eigenvalue weighted by Gasteiger charge is 2.05. The average molecular weight is 199 g/mol. The van der Waals surface area contributed by atoms with Crippen molar-refractivity contribution in [2.24, 2.45) is 0 Å². The summed E-state index contributed by atoms with van der Waals surface area (Å²) in [5.41, 5.74) is 1.32. The zero-order valence-electron chi connectivity index (χ0n) is 7.38. The summed E-state index contributed by atoms with van der Waals surface area (Å²) in [6.45, 7) is 2.47. The van der Waals surface area contributed by atoms with Crippen LogP contribution in [0.2, 0.25) is 0 Å². The molecule has 0 aliphatic carbocycles. The van der Waals surface area contributed by atoms with Gasteiger partial charge in [0.05, 0.1) is 0 Å². The van der Waals surface area contributed by atoms with Gasteiger partial charge in [0.2, 0.25) is 0 Å². The van der Waals surface area contributed by atoms with E-state index < -0.39 is 0 Å². The minimum Gasteiger partial charge on any atom is -0.351 e. The number of alkyl halides is 1. The number of nitrogens with zero attached hydrogens (tertiary/aromatic N) is 1. The molecule has 0 unspecified atom stereocenters. The van der Waals surface area contributed by atoms with Crippen LogP contribution in [0.5, 0.6) is 0 Å². The average Bonchev–Trinajstić information content (AvgIpc) is 2.18. The third kappa shape index (κ3) is 2.70. The highest BCUT2D eigenvalue weighted by Crippen LogP contribution is 2.04. The highest BCUT2D eigenvalue weighted by molar-refractivity contribution is 6.17. The third-order valence-corrected chi connectivity index (χ3v) is 1.86. The first-order valence-electron chi connectivity index (χ1n) is 4.07. The molecule has 1 aromatic rings. The third-order valence-electron chi connectivity index (χ3n) is 1.55. The number of carbonyl (C=O) groups is 1. The Kier molecular flexibility index (Phi) is 3.71. The van der Waals surface area contributed by atoms with Crippen LogP contribution in [0.25, 0.3) is 0 Å². The van der Waals surface area contributed by atoms with Crippen LogP contribution in [0, 0.1) is 0 Å². The molecule has 0 aliphatic heterocycles. The van der Waals surface area contributed by atoms with E-state index in [-0.39, 0.29) is 5.91 Å². The van der Waals surface area contributed by atoms with Gasteiger partial charge in [-0.3, -0.25) is 9.78 Å². The number of pyridine rings is 1. The van der Waals surface area contributed by atoms with Crippen LogP contribution in [0.3, 0.4) is 0 Å². The van der Waals surface area contributed by atoms with E-state index in [0.29, 0.717) is 18.1 Å². The van der Waals surface area contributed by atoms with Crippen molar-refractivity contribution in [3.05, 3.63) is 29.6 Å². The number of halogens is 1. The van der Waals surface area contributed by atoms with Crippen molar-refractivity contribution in [1.29, 1.82) is 0 Å². The minimum atomic E-state index is -0.158. The molecule has 0 aromatic carbocycles. The van der Waals surface area contributed by atoms with Crippen LogP contribution in [-0.4, -0.2) is 17.4 Å². The van der Waals surface area contributed by atoms with Crippen LogP contribution >= 0.6 is 11.6 Å². The van der Waals surface area contributed by atoms with Crippen molar-refractivity contribution < 1.29 is 4.79 Å². The maximum atomic E-state index is 11.3. The second-order valence-electron chi connectivity index (χ2n) is 2.54. The van der Waals surface area contributed by atoms with Crippen LogP contribution in [0.4, 0.5) is 0 Å². The first kappa shape index (κ1) is 9.99. The summed E-state index contributed by atoms with van der Waals surface area (Å²) in [7, 11) is 0. The summed E-state index contributed by atoms with van der Waals surface area (Å²) < 4.78 is 0. The normalized spacial score (nSPS) is 9.69. The van der Waals surface area contributed by atoms with E-state index in [9.17, 15) is 4.79 Å². The molecule has 0 spiro atoms. The predicted octanol–water partition coefficient (Wildman–Crippen LogP) is 1.57. The Hall–Kier alpha value is -1.09. The lowest BCUT2D eigenvalue weighted by Gasteiger charge is -2.01. The Morgan fingerprint density at radius 3 is 3.08 bits per heavy atom. The van der Waals surface area contributed by atoms with Gasteiger partial charge < -0.3 is 5.32 Å². The standard InChI is InChI=1S/C9H11ClN2O/c1-2-11-9(13)8-5-7(6-10)3-4-12-8/h3-5H,2,6H2,1H3,(H,11,13). The van der Waals surface area contributed by atoms with Gasteiger partial charge in [-0.2, -0.15) is 0 Å². The minimum absolute atomic E-state index is 0.158. The fourth-order valence-electron chi connectivity index (χ4n) is 0.933. The summed E-state index contributed by atoms with van der Waals surface area (Å²) >= 11 is 5.62. The Morgan fingerprint density at radius 2 is 2.46 bits per heavy atom. The SMILES string of the molecule is CCNC(=O)c1cc(CCl)ccn1. The summed E-state index contributed by atoms with van der Waals surface area (Å²) in [5.74, 6) is 0.240. The van der Waals surface area contributed by atoms with Crippen LogP contribution in [0.15, 0.2) is 18.3 Å². The molecule has 0 aliphatic rings. The van der Waals surface area contributed by atoms with Gasteiger partial charge in [-0.15, -0.1) is 11.6 Å². The predicted molar refractivity (Wildman–Crippen MR) is 51.8 cm³/mol. The number of rotatable bonds is 3. The first-order valence-corrected chi connectivity index (χ1v) is 4.60. The fourth-order valence-corrected chi connectivity index (χ4v) is 1.10. The quantitative estimate of drug-likeness (QED) is 0.750. The van der Waals surface area contributed by atoms with Gasteiger partial charge in [0.15, 0.2) is 0 Å². The molecule has 1 N–H and O–H groups in total. The van der Waals surface area contributed by atoms with Crippen molar-refractivity contribution in [3.8, 4) is 0 Å². The van der Waals surface area contributed by atoms with Gasteiger partial charge >= 0.3 is 0 Å². The number of hydrogen-bond donors (Lipinski definition) is 1. The summed E-state index contributed by atoms with van der Waals surface area (Å²) in [6.07, 6.45) is 1.59. The molecular weight excluding hydrogens is 188 g/mol. The van der Waals surface area contributed by atoms with Gasteiger partial charge in [0.1, 0.15) is 5.69 Å². The molecule has 4 heteroatoms. The molecule has 0 saturated carbocycles. The topological polar surface area (TPSA) is 42.0 Å². The smallest absolute Gasteiger partial charge is 0.269 e. The maximum Gasteiger partial charge on any atom is 0.269 e. The van der Waals surface area contributed by atoms with Crippen LogP contribution < -0.4 is 5.32 Å². The van der Waals surface area contributed by atoms with Crippen LogP contribution in [-0.2, 0) is 5.88 Å². The second-order valence-corrected chi connectivity index (χ2v) is 2.81. The van der Waals surface area contributed by atoms with E-state index in [1.165, 1.54) is 0 Å². The Labute approximate surface area is 82.1 Å². The van der Waals surface area contributed by atoms with Gasteiger partial charge in [-0.05, 0) is 24.6 Å². The van der Waals surface area contributed by atoms with Crippen molar-refractivity contribution >= 4 is 17.5 Å². The van der Waals surface area contributed by atoms with E-state index in [0.717, 1.165) is 5.56 Å². The Bertz CT molecular complexity index is 301. The highest BCUT2D eigenvalue weighted by atomic mass is 35.5. The van der Waals surface area contributed by atoms with Crippen molar-refractivity contribution in [3.63, 3.8) is 0 Å². The van der Waals surface area contributed by atoms with E-state index in [1.807, 2.05) is 6.92 Å². The zero-order chi connectivity index (χ0) is 9.68. The number of hydrogen-bond acceptors (Lipinski definition) is 2. The molecule has 13 heavy (non-hydrogen) atoms. The molecule has 3 nitrogen and oxygen atoms in total. The van der Waals surface area contributed by atoms with E-state index >= 15 is 0 Å². The lowest BCUT2D eigenvalue weighted by molar-refractivity contribution is 0.0951. The Morgan fingerprint density at radius 1 is 1.69 bits per heavy atom. The number of nitrogens with one attached hydrogen (secondary N) is 1. The second kappa shape index (κ2) is 4.82. The molecule has 0 atom stereocenters. The van der Waals surface area contributed by atoms with Gasteiger partial charge in [-0.1, -0.05) is 0 Å². The van der Waals surface area contributed by atoms with E-state index in [4.69, 9.17) is 11.6 Å². The molecule has 0 radical (unpaired) electrons. The van der Waals surface area contributed by atoms with Crippen molar-refractivity contribution in [1.82, 2.24) is 10.3 Å². The molecule has 1 amide bonds. The van der Waals surface area contributed by atoms with Crippen molar-refractivity contribution in [2.75, 3.05) is 6.54 Å². The lowest BCUT2D eigenvalue weighted by Crippen LogP contribution is -2.23. The van der Waals surface area contributed by atoms with E-state index in [2.05, 4.69) is 10.3 Å². The maximum absolute atomic E-state index is 11.3. The van der Waals surface area contributed by atoms with E-state index in [1.54, 1.807) is 18.3 Å². The lowest BCUT2D eigenvalue weighted by atomic mass is 10.2. The summed E-state index contributed by atoms with van der Waals surface area (Å²) in [4.78, 5) is 15.2. The number of aromatic nitrogens is 1. The van der Waals surface area contributed by atoms with Gasteiger partial charge in [-0.25, -0.2) is 0 Å². The molecule has 1 aromatic heterocycles. The largest absolute Gasteiger partial charge is 0.351 e. The first-order chi connectivity index (χ1) is 6.27. The van der Waals surface area contributed by atoms with Crippen LogP contribution in [0.1, 0.15) is 23.0 Å². The number of amides is 1. The summed E-state index contributed by atoms with van der Waals surface area (Å²) in [5, 5.41) is 2.67. The van der Waals surface area contributed by atoms with Gasteiger partial charge in [0.25, 0.3) is 5.91 Å². The summed E-state index contributed by atoms with van der Waals surface area (Å²) in [6, 6.07) is 3.48. The Balaban J connectivity index is 2.82. The molecule has 70 valence electrons. The molecule has 1 heterocycles. The molecular formula is C9H11ClN2O. The zero-order valence-corrected chi connectivity index (χ0v) is 8.14. The molecule has 1 rings (SSSR count).